The lowest BCUT2D eigenvalue weighted by atomic mass is 10.2. The molecule has 5 heteroatoms. The molecule has 0 saturated carbocycles. The number of hydrogen-bond acceptors (Lipinski definition) is 3. The number of carbonyl (C=O) groups excluding carboxylic acids is 2. The van der Waals surface area contributed by atoms with Crippen molar-refractivity contribution >= 4 is 17.6 Å². The van der Waals surface area contributed by atoms with E-state index in [9.17, 15) is 9.59 Å². The van der Waals surface area contributed by atoms with Gasteiger partial charge in [0.25, 0.3) is 5.91 Å². The van der Waals surface area contributed by atoms with Crippen LogP contribution in [-0.2, 0) is 4.79 Å². The maximum atomic E-state index is 12.2. The lowest BCUT2D eigenvalue weighted by molar-refractivity contribution is -0.116. The highest BCUT2D eigenvalue weighted by Crippen LogP contribution is 2.25. The SMILES string of the molecule is COc1cccc(N2C(=O)CN(CC(C)C)C2=O)c1. The second-order valence-electron chi connectivity index (χ2n) is 4.99. The molecule has 1 heterocycles. The van der Waals surface area contributed by atoms with Crippen molar-refractivity contribution in [1.82, 2.24) is 4.90 Å². The van der Waals surface area contributed by atoms with E-state index < -0.39 is 0 Å². The second kappa shape index (κ2) is 5.30. The third-order valence-electron chi connectivity index (χ3n) is 2.93. The molecular formula is C14H18N2O3. The predicted octanol–water partition coefficient (Wildman–Crippen LogP) is 2.12. The van der Waals surface area contributed by atoms with E-state index in [1.807, 2.05) is 13.8 Å². The van der Waals surface area contributed by atoms with Gasteiger partial charge in [-0.1, -0.05) is 19.9 Å². The largest absolute Gasteiger partial charge is 0.497 e. The minimum absolute atomic E-state index is 0.147. The number of amides is 3. The van der Waals surface area contributed by atoms with Gasteiger partial charge in [0.15, 0.2) is 0 Å². The summed E-state index contributed by atoms with van der Waals surface area (Å²) in [7, 11) is 1.55. The third kappa shape index (κ3) is 2.70. The molecule has 1 aliphatic heterocycles. The average Bonchev–Trinajstić information content (AvgIpc) is 2.64. The number of rotatable bonds is 4. The van der Waals surface area contributed by atoms with Gasteiger partial charge in [0.1, 0.15) is 12.3 Å². The Bertz CT molecular complexity index is 499. The Morgan fingerprint density at radius 3 is 2.68 bits per heavy atom. The number of methoxy groups -OCH3 is 1. The highest BCUT2D eigenvalue weighted by Gasteiger charge is 2.37. The molecule has 19 heavy (non-hydrogen) atoms. The van der Waals surface area contributed by atoms with Crippen LogP contribution < -0.4 is 9.64 Å². The molecule has 0 unspecified atom stereocenters. The van der Waals surface area contributed by atoms with Crippen LogP contribution in [0.15, 0.2) is 24.3 Å². The van der Waals surface area contributed by atoms with Crippen LogP contribution in [0.3, 0.4) is 0 Å². The smallest absolute Gasteiger partial charge is 0.331 e. The highest BCUT2D eigenvalue weighted by molar-refractivity contribution is 6.19. The van der Waals surface area contributed by atoms with E-state index in [1.165, 1.54) is 4.90 Å². The lowest BCUT2D eigenvalue weighted by Gasteiger charge is -2.18. The molecule has 5 nitrogen and oxygen atoms in total. The van der Waals surface area contributed by atoms with E-state index in [0.29, 0.717) is 23.9 Å². The molecule has 0 N–H and O–H groups in total. The summed E-state index contributed by atoms with van der Waals surface area (Å²) in [6, 6.07) is 6.71. The van der Waals surface area contributed by atoms with Crippen molar-refractivity contribution in [3.8, 4) is 5.75 Å². The number of nitrogens with zero attached hydrogens (tertiary/aromatic N) is 2. The summed E-state index contributed by atoms with van der Waals surface area (Å²) >= 11 is 0. The monoisotopic (exact) mass is 262 g/mol. The second-order valence-corrected chi connectivity index (χ2v) is 4.99. The fourth-order valence-electron chi connectivity index (χ4n) is 2.14. The molecule has 0 radical (unpaired) electrons. The summed E-state index contributed by atoms with van der Waals surface area (Å²) in [6.07, 6.45) is 0. The van der Waals surface area contributed by atoms with Crippen LogP contribution in [0.1, 0.15) is 13.8 Å². The first kappa shape index (κ1) is 13.4. The van der Waals surface area contributed by atoms with E-state index in [0.717, 1.165) is 0 Å². The predicted molar refractivity (Wildman–Crippen MR) is 72.3 cm³/mol. The van der Waals surface area contributed by atoms with Crippen molar-refractivity contribution in [3.05, 3.63) is 24.3 Å². The number of imide groups is 1. The molecule has 102 valence electrons. The molecule has 0 aliphatic carbocycles. The van der Waals surface area contributed by atoms with Crippen molar-refractivity contribution in [2.45, 2.75) is 13.8 Å². The van der Waals surface area contributed by atoms with Gasteiger partial charge in [0, 0.05) is 12.6 Å². The van der Waals surface area contributed by atoms with Crippen LogP contribution in [0.2, 0.25) is 0 Å². The summed E-state index contributed by atoms with van der Waals surface area (Å²) < 4.78 is 5.11. The Morgan fingerprint density at radius 2 is 2.05 bits per heavy atom. The standard InChI is InChI=1S/C14H18N2O3/c1-10(2)8-15-9-13(17)16(14(15)18)11-5-4-6-12(7-11)19-3/h4-7,10H,8-9H2,1-3H3. The van der Waals surface area contributed by atoms with Crippen molar-refractivity contribution in [1.29, 1.82) is 0 Å². The first-order chi connectivity index (χ1) is 9.02. The van der Waals surface area contributed by atoms with Crippen molar-refractivity contribution in [3.63, 3.8) is 0 Å². The summed E-state index contributed by atoms with van der Waals surface area (Å²) in [5.74, 6) is 0.765. The summed E-state index contributed by atoms with van der Waals surface area (Å²) in [5, 5.41) is 0. The summed E-state index contributed by atoms with van der Waals surface area (Å²) in [6.45, 7) is 4.77. The number of urea groups is 1. The molecule has 1 saturated heterocycles. The van der Waals surface area contributed by atoms with Gasteiger partial charge < -0.3 is 9.64 Å². The first-order valence-electron chi connectivity index (χ1n) is 6.29. The van der Waals surface area contributed by atoms with Gasteiger partial charge in [-0.2, -0.15) is 0 Å². The van der Waals surface area contributed by atoms with Crippen LogP contribution in [0.4, 0.5) is 10.5 Å². The molecule has 3 amide bonds. The molecule has 1 aliphatic rings. The van der Waals surface area contributed by atoms with E-state index in [-0.39, 0.29) is 18.5 Å². The molecule has 0 spiro atoms. The molecule has 0 aromatic heterocycles. The zero-order valence-electron chi connectivity index (χ0n) is 11.4. The maximum Gasteiger partial charge on any atom is 0.331 e. The maximum absolute atomic E-state index is 12.2. The van der Waals surface area contributed by atoms with Crippen LogP contribution >= 0.6 is 0 Å². The normalized spacial score (nSPS) is 15.6. The summed E-state index contributed by atoms with van der Waals surface area (Å²) in [5.41, 5.74) is 0.556. The van der Waals surface area contributed by atoms with Gasteiger partial charge in [-0.3, -0.25) is 4.79 Å². The molecule has 1 aromatic rings. The average molecular weight is 262 g/mol. The minimum Gasteiger partial charge on any atom is -0.497 e. The van der Waals surface area contributed by atoms with E-state index in [4.69, 9.17) is 4.74 Å². The molecular weight excluding hydrogens is 244 g/mol. The lowest BCUT2D eigenvalue weighted by Crippen LogP contribution is -2.34. The topological polar surface area (TPSA) is 49.9 Å². The van der Waals surface area contributed by atoms with Crippen molar-refractivity contribution < 1.29 is 14.3 Å². The zero-order chi connectivity index (χ0) is 14.0. The minimum atomic E-state index is -0.257. The highest BCUT2D eigenvalue weighted by atomic mass is 16.5. The van der Waals surface area contributed by atoms with Crippen LogP contribution in [0.25, 0.3) is 0 Å². The zero-order valence-corrected chi connectivity index (χ0v) is 11.4. The molecule has 2 rings (SSSR count). The van der Waals surface area contributed by atoms with Gasteiger partial charge in [-0.05, 0) is 18.1 Å². The van der Waals surface area contributed by atoms with Gasteiger partial charge >= 0.3 is 6.03 Å². The van der Waals surface area contributed by atoms with E-state index in [2.05, 4.69) is 0 Å². The van der Waals surface area contributed by atoms with Crippen LogP contribution in [-0.4, -0.2) is 37.0 Å². The number of hydrogen-bond donors (Lipinski definition) is 0. The van der Waals surface area contributed by atoms with E-state index in [1.54, 1.807) is 36.3 Å². The number of ether oxygens (including phenoxy) is 1. The molecule has 0 atom stereocenters. The third-order valence-corrected chi connectivity index (χ3v) is 2.93. The Hall–Kier alpha value is -2.04. The summed E-state index contributed by atoms with van der Waals surface area (Å²) in [4.78, 5) is 27.0. The van der Waals surface area contributed by atoms with E-state index >= 15 is 0 Å². The van der Waals surface area contributed by atoms with Gasteiger partial charge in [0.2, 0.25) is 0 Å². The molecule has 0 bridgehead atoms. The quantitative estimate of drug-likeness (QED) is 0.781. The first-order valence-corrected chi connectivity index (χ1v) is 6.29. The number of carbonyl (C=O) groups is 2. The fourth-order valence-corrected chi connectivity index (χ4v) is 2.14. The Kier molecular flexibility index (Phi) is 3.74. The number of anilines is 1. The fraction of sp³-hybridized carbons (Fsp3) is 0.429. The van der Waals surface area contributed by atoms with Crippen molar-refractivity contribution in [2.24, 2.45) is 5.92 Å². The van der Waals surface area contributed by atoms with Gasteiger partial charge in [0.05, 0.1) is 12.8 Å². The molecule has 1 fully saturated rings. The van der Waals surface area contributed by atoms with Crippen LogP contribution in [0, 0.1) is 5.92 Å². The Morgan fingerprint density at radius 1 is 1.32 bits per heavy atom. The van der Waals surface area contributed by atoms with Crippen molar-refractivity contribution in [2.75, 3.05) is 25.1 Å². The van der Waals surface area contributed by atoms with Gasteiger partial charge in [-0.15, -0.1) is 0 Å². The Labute approximate surface area is 112 Å². The van der Waals surface area contributed by atoms with Crippen LogP contribution in [0.5, 0.6) is 5.75 Å². The molecule has 1 aromatic carbocycles. The Balaban J connectivity index is 2.24. The number of benzene rings is 1. The van der Waals surface area contributed by atoms with Gasteiger partial charge in [-0.25, -0.2) is 9.69 Å².